The number of rotatable bonds is 11. The molecule has 0 aliphatic heterocycles. The van der Waals surface area contributed by atoms with Gasteiger partial charge in [0.2, 0.25) is 0 Å². The van der Waals surface area contributed by atoms with Crippen LogP contribution in [0.2, 0.25) is 0 Å². The molecule has 7 heteroatoms. The van der Waals surface area contributed by atoms with Gasteiger partial charge in [-0.05, 0) is 61.6 Å². The number of nitrogens with zero attached hydrogens (tertiary/aromatic N) is 1. The highest BCUT2D eigenvalue weighted by Gasteiger charge is 2.23. The minimum atomic E-state index is -0.831. The molecule has 3 aromatic carbocycles. The number of ether oxygens (including phenoxy) is 1. The van der Waals surface area contributed by atoms with Crippen molar-refractivity contribution in [3.05, 3.63) is 84.1 Å². The van der Waals surface area contributed by atoms with Crippen molar-refractivity contribution in [3.8, 4) is 0 Å². The van der Waals surface area contributed by atoms with E-state index >= 15 is 0 Å². The zero-order valence-corrected chi connectivity index (χ0v) is 22.4. The van der Waals surface area contributed by atoms with Gasteiger partial charge in [0, 0.05) is 49.2 Å². The summed E-state index contributed by atoms with van der Waals surface area (Å²) in [5, 5.41) is 16.3. The van der Waals surface area contributed by atoms with Gasteiger partial charge in [-0.25, -0.2) is 4.79 Å². The second-order valence-corrected chi connectivity index (χ2v) is 10.6. The molecular formula is C31H37N3O4. The molecule has 1 amide bonds. The lowest BCUT2D eigenvalue weighted by molar-refractivity contribution is -0.137. The Labute approximate surface area is 223 Å². The predicted octanol–water partition coefficient (Wildman–Crippen LogP) is 6.30. The number of amides is 1. The predicted molar refractivity (Wildman–Crippen MR) is 151 cm³/mol. The number of aromatic nitrogens is 1. The molecule has 200 valence electrons. The summed E-state index contributed by atoms with van der Waals surface area (Å²) < 4.78 is 5.72. The molecule has 0 saturated heterocycles. The van der Waals surface area contributed by atoms with E-state index in [9.17, 15) is 14.7 Å². The molecule has 4 rings (SSSR count). The van der Waals surface area contributed by atoms with Crippen LogP contribution in [0.5, 0.6) is 0 Å². The molecule has 0 spiro atoms. The van der Waals surface area contributed by atoms with Gasteiger partial charge in [-0.15, -0.1) is 0 Å². The van der Waals surface area contributed by atoms with Gasteiger partial charge in [0.15, 0.2) is 0 Å². The van der Waals surface area contributed by atoms with Crippen LogP contribution in [0.15, 0.2) is 72.9 Å². The molecule has 38 heavy (non-hydrogen) atoms. The maximum absolute atomic E-state index is 13.1. The Bertz CT molecular complexity index is 1380. The number of carboxylic acids is 1. The summed E-state index contributed by atoms with van der Waals surface area (Å²) in [5.74, 6) is -0.831. The number of carbonyl (C=O) groups excluding carboxylic acids is 1. The van der Waals surface area contributed by atoms with Gasteiger partial charge in [0.05, 0.1) is 0 Å². The van der Waals surface area contributed by atoms with Crippen molar-refractivity contribution in [2.45, 2.75) is 51.7 Å². The first-order valence-electron chi connectivity index (χ1n) is 13.2. The molecular weight excluding hydrogens is 478 g/mol. The average Bonchev–Trinajstić information content (AvgIpc) is 3.30. The first-order chi connectivity index (χ1) is 18.2. The van der Waals surface area contributed by atoms with Crippen molar-refractivity contribution >= 4 is 33.7 Å². The fraction of sp³-hybridized carbons (Fsp3) is 0.355. The fourth-order valence-corrected chi connectivity index (χ4v) is 4.78. The topological polar surface area (TPSA) is 94.7 Å². The highest BCUT2D eigenvalue weighted by molar-refractivity contribution is 5.86. The maximum atomic E-state index is 13.1. The van der Waals surface area contributed by atoms with Gasteiger partial charge in [0.1, 0.15) is 5.60 Å². The van der Waals surface area contributed by atoms with E-state index in [1.54, 1.807) is 4.90 Å². The molecule has 0 bridgehead atoms. The van der Waals surface area contributed by atoms with Crippen LogP contribution in [0.25, 0.3) is 21.7 Å². The van der Waals surface area contributed by atoms with E-state index in [1.165, 1.54) is 16.3 Å². The van der Waals surface area contributed by atoms with Gasteiger partial charge in [-0.3, -0.25) is 4.79 Å². The van der Waals surface area contributed by atoms with E-state index in [0.29, 0.717) is 32.5 Å². The lowest BCUT2D eigenvalue weighted by atomic mass is 10.0. The van der Waals surface area contributed by atoms with Gasteiger partial charge >= 0.3 is 12.1 Å². The van der Waals surface area contributed by atoms with Crippen LogP contribution in [0, 0.1) is 0 Å². The molecule has 0 saturated carbocycles. The van der Waals surface area contributed by atoms with E-state index in [2.05, 4.69) is 34.6 Å². The van der Waals surface area contributed by atoms with E-state index < -0.39 is 11.6 Å². The number of carbonyl (C=O) groups is 2. The summed E-state index contributed by atoms with van der Waals surface area (Å²) in [7, 11) is 0. The largest absolute Gasteiger partial charge is 0.481 e. The van der Waals surface area contributed by atoms with Crippen LogP contribution in [-0.2, 0) is 16.0 Å². The number of H-pyrrole nitrogens is 1. The number of hydrogen-bond donors (Lipinski definition) is 3. The van der Waals surface area contributed by atoms with Gasteiger partial charge in [-0.1, -0.05) is 60.7 Å². The summed E-state index contributed by atoms with van der Waals surface area (Å²) in [6.07, 6.45) is 2.78. The Kier molecular flexibility index (Phi) is 8.69. The molecule has 1 heterocycles. The molecule has 4 aromatic rings. The van der Waals surface area contributed by atoms with Crippen LogP contribution in [0.3, 0.4) is 0 Å². The Morgan fingerprint density at radius 1 is 0.974 bits per heavy atom. The van der Waals surface area contributed by atoms with Crippen molar-refractivity contribution in [2.75, 3.05) is 19.6 Å². The second kappa shape index (κ2) is 12.1. The molecule has 1 atom stereocenters. The average molecular weight is 516 g/mol. The maximum Gasteiger partial charge on any atom is 0.410 e. The summed E-state index contributed by atoms with van der Waals surface area (Å²) in [6, 6.07) is 22.3. The van der Waals surface area contributed by atoms with Gasteiger partial charge in [0.25, 0.3) is 0 Å². The molecule has 0 aliphatic rings. The lowest BCUT2D eigenvalue weighted by Crippen LogP contribution is -2.42. The standard InChI is InChI=1S/C31H37N3O4/c1-31(2,3)38-30(37)34(19-17-23-11-8-10-22-9-4-5-12-24(22)23)20-18-32-28(15-16-29(35)36)26-21-33-27-14-7-6-13-25(26)27/h4-14,21,28,32-33H,15-20H2,1-3H3,(H,35,36). The number of para-hydroxylation sites is 1. The number of fused-ring (bicyclic) bond motifs is 2. The van der Waals surface area contributed by atoms with Crippen LogP contribution >= 0.6 is 0 Å². The summed E-state index contributed by atoms with van der Waals surface area (Å²) in [4.78, 5) is 29.5. The van der Waals surface area contributed by atoms with Crippen LogP contribution < -0.4 is 5.32 Å². The summed E-state index contributed by atoms with van der Waals surface area (Å²) >= 11 is 0. The third kappa shape index (κ3) is 7.13. The van der Waals surface area contributed by atoms with Crippen molar-refractivity contribution < 1.29 is 19.4 Å². The van der Waals surface area contributed by atoms with E-state index in [4.69, 9.17) is 4.74 Å². The lowest BCUT2D eigenvalue weighted by Gasteiger charge is -2.28. The van der Waals surface area contributed by atoms with Crippen LogP contribution in [0.4, 0.5) is 4.79 Å². The molecule has 1 aromatic heterocycles. The Morgan fingerprint density at radius 2 is 1.68 bits per heavy atom. The number of carboxylic acid groups (broad SMARTS) is 1. The van der Waals surface area contributed by atoms with Crippen molar-refractivity contribution in [2.24, 2.45) is 0 Å². The first kappa shape index (κ1) is 27.2. The molecule has 0 aliphatic carbocycles. The Balaban J connectivity index is 1.48. The van der Waals surface area contributed by atoms with E-state index in [0.717, 1.165) is 16.5 Å². The minimum Gasteiger partial charge on any atom is -0.481 e. The zero-order chi connectivity index (χ0) is 27.1. The summed E-state index contributed by atoms with van der Waals surface area (Å²) in [6.45, 7) is 7.04. The van der Waals surface area contributed by atoms with Crippen LogP contribution in [0.1, 0.15) is 50.8 Å². The molecule has 7 nitrogen and oxygen atoms in total. The number of aliphatic carboxylic acids is 1. The number of nitrogens with one attached hydrogen (secondary N) is 2. The van der Waals surface area contributed by atoms with E-state index in [-0.39, 0.29) is 18.6 Å². The van der Waals surface area contributed by atoms with E-state index in [1.807, 2.05) is 69.4 Å². The van der Waals surface area contributed by atoms with Crippen LogP contribution in [-0.4, -0.2) is 52.3 Å². The highest BCUT2D eigenvalue weighted by atomic mass is 16.6. The van der Waals surface area contributed by atoms with Crippen molar-refractivity contribution in [1.29, 1.82) is 0 Å². The third-order valence-electron chi connectivity index (χ3n) is 6.60. The Hall–Kier alpha value is -3.84. The highest BCUT2D eigenvalue weighted by Crippen LogP contribution is 2.27. The normalized spacial score (nSPS) is 12.5. The zero-order valence-electron chi connectivity index (χ0n) is 22.4. The smallest absolute Gasteiger partial charge is 0.410 e. The minimum absolute atomic E-state index is 0.0496. The van der Waals surface area contributed by atoms with Gasteiger partial charge < -0.3 is 25.0 Å². The number of hydrogen-bond acceptors (Lipinski definition) is 4. The molecule has 1 unspecified atom stereocenters. The van der Waals surface area contributed by atoms with Gasteiger partial charge in [-0.2, -0.15) is 0 Å². The summed E-state index contributed by atoms with van der Waals surface area (Å²) in [5.41, 5.74) is 2.62. The number of aromatic amines is 1. The number of benzene rings is 3. The fourth-order valence-electron chi connectivity index (χ4n) is 4.78. The first-order valence-corrected chi connectivity index (χ1v) is 13.2. The molecule has 0 radical (unpaired) electrons. The van der Waals surface area contributed by atoms with Crippen molar-refractivity contribution in [1.82, 2.24) is 15.2 Å². The monoisotopic (exact) mass is 515 g/mol. The second-order valence-electron chi connectivity index (χ2n) is 10.6. The Morgan fingerprint density at radius 3 is 2.45 bits per heavy atom. The third-order valence-corrected chi connectivity index (χ3v) is 6.60. The SMILES string of the molecule is CC(C)(C)OC(=O)N(CCNC(CCC(=O)O)c1c[nH]c2ccccc12)CCc1cccc2ccccc12. The van der Waals surface area contributed by atoms with Crippen molar-refractivity contribution in [3.63, 3.8) is 0 Å². The molecule has 3 N–H and O–H groups in total. The molecule has 0 fully saturated rings. The quantitative estimate of drug-likeness (QED) is 0.218.